The summed E-state index contributed by atoms with van der Waals surface area (Å²) in [6.07, 6.45) is 7.29. The van der Waals surface area contributed by atoms with Crippen LogP contribution in [0.5, 0.6) is 5.75 Å². The maximum absolute atomic E-state index is 13.8. The maximum atomic E-state index is 13.8. The molecule has 2 rings (SSSR count). The molecule has 1 aliphatic carbocycles. The van der Waals surface area contributed by atoms with Crippen molar-refractivity contribution in [2.45, 2.75) is 51.5 Å². The number of benzene rings is 1. The Kier molecular flexibility index (Phi) is 5.03. The molecule has 0 aliphatic heterocycles. The molecule has 1 unspecified atom stereocenters. The van der Waals surface area contributed by atoms with Crippen molar-refractivity contribution >= 4 is 0 Å². The number of likely N-dealkylation sites (N-methyl/N-ethyl adjacent to an activating group) is 1. The van der Waals surface area contributed by atoms with Crippen molar-refractivity contribution in [3.8, 4) is 5.75 Å². The molecule has 0 saturated heterocycles. The summed E-state index contributed by atoms with van der Waals surface area (Å²) in [5.74, 6) is 0.0534. The molecule has 0 amide bonds. The predicted octanol–water partition coefficient (Wildman–Crippen LogP) is 3.94. The molecular formula is C17H26FNO. The van der Waals surface area contributed by atoms with E-state index < -0.39 is 0 Å². The molecule has 20 heavy (non-hydrogen) atoms. The second-order valence-electron chi connectivity index (χ2n) is 5.94. The predicted molar refractivity (Wildman–Crippen MR) is 80.7 cm³/mol. The largest absolute Gasteiger partial charge is 0.494 e. The summed E-state index contributed by atoms with van der Waals surface area (Å²) in [7, 11) is 3.53. The molecule has 112 valence electrons. The first kappa shape index (κ1) is 15.3. The van der Waals surface area contributed by atoms with Crippen LogP contribution in [0.15, 0.2) is 18.2 Å². The molecule has 1 aliphatic rings. The second kappa shape index (κ2) is 6.57. The topological polar surface area (TPSA) is 21.3 Å². The first-order chi connectivity index (χ1) is 9.65. The van der Waals surface area contributed by atoms with E-state index in [0.29, 0.717) is 17.2 Å². The van der Waals surface area contributed by atoms with E-state index in [2.05, 4.69) is 12.2 Å². The van der Waals surface area contributed by atoms with Gasteiger partial charge in [-0.3, -0.25) is 0 Å². The fraction of sp³-hybridized carbons (Fsp3) is 0.647. The summed E-state index contributed by atoms with van der Waals surface area (Å²) in [5.41, 5.74) is 1.42. The van der Waals surface area contributed by atoms with E-state index in [1.165, 1.54) is 39.2 Å². The average molecular weight is 279 g/mol. The van der Waals surface area contributed by atoms with Gasteiger partial charge in [0.2, 0.25) is 0 Å². The SMILES string of the molecule is CCC1(C(Cc2ccc(OC)c(F)c2)NC)CCCC1. The molecule has 2 nitrogen and oxygen atoms in total. The summed E-state index contributed by atoms with van der Waals surface area (Å²) >= 11 is 0. The number of halogens is 1. The van der Waals surface area contributed by atoms with Gasteiger partial charge in [-0.25, -0.2) is 4.39 Å². The third-order valence-electron chi connectivity index (χ3n) is 5.05. The fourth-order valence-corrected chi connectivity index (χ4v) is 3.72. The first-order valence-corrected chi connectivity index (χ1v) is 7.65. The van der Waals surface area contributed by atoms with Crippen LogP contribution in [0.3, 0.4) is 0 Å². The van der Waals surface area contributed by atoms with Gasteiger partial charge in [0.1, 0.15) is 0 Å². The molecule has 1 fully saturated rings. The molecule has 0 heterocycles. The molecule has 0 bridgehead atoms. The van der Waals surface area contributed by atoms with E-state index in [1.54, 1.807) is 12.1 Å². The minimum absolute atomic E-state index is 0.267. The number of nitrogens with one attached hydrogen (secondary N) is 1. The first-order valence-electron chi connectivity index (χ1n) is 7.65. The van der Waals surface area contributed by atoms with E-state index in [0.717, 1.165) is 12.0 Å². The highest BCUT2D eigenvalue weighted by atomic mass is 19.1. The number of hydrogen-bond acceptors (Lipinski definition) is 2. The van der Waals surface area contributed by atoms with Gasteiger partial charge < -0.3 is 10.1 Å². The maximum Gasteiger partial charge on any atom is 0.165 e. The van der Waals surface area contributed by atoms with Gasteiger partial charge in [0.25, 0.3) is 0 Å². The third kappa shape index (κ3) is 2.98. The van der Waals surface area contributed by atoms with E-state index >= 15 is 0 Å². The van der Waals surface area contributed by atoms with Crippen LogP contribution < -0.4 is 10.1 Å². The van der Waals surface area contributed by atoms with Crippen LogP contribution >= 0.6 is 0 Å². The van der Waals surface area contributed by atoms with Crippen LogP contribution in [0, 0.1) is 11.2 Å². The number of rotatable bonds is 6. The Morgan fingerprint density at radius 2 is 2.05 bits per heavy atom. The van der Waals surface area contributed by atoms with E-state index in [9.17, 15) is 4.39 Å². The molecule has 0 spiro atoms. The molecule has 1 N–H and O–H groups in total. The van der Waals surface area contributed by atoms with Crippen LogP contribution in [-0.2, 0) is 6.42 Å². The van der Waals surface area contributed by atoms with Crippen LogP contribution in [0.25, 0.3) is 0 Å². The molecule has 0 radical (unpaired) electrons. The smallest absolute Gasteiger partial charge is 0.165 e. The zero-order chi connectivity index (χ0) is 14.6. The lowest BCUT2D eigenvalue weighted by Gasteiger charge is -2.37. The van der Waals surface area contributed by atoms with Crippen molar-refractivity contribution in [3.63, 3.8) is 0 Å². The molecule has 1 saturated carbocycles. The lowest BCUT2D eigenvalue weighted by atomic mass is 9.74. The van der Waals surface area contributed by atoms with Crippen molar-refractivity contribution in [1.29, 1.82) is 0 Å². The van der Waals surface area contributed by atoms with E-state index in [4.69, 9.17) is 4.74 Å². The van der Waals surface area contributed by atoms with Crippen LogP contribution in [0.1, 0.15) is 44.6 Å². The Morgan fingerprint density at radius 1 is 1.35 bits per heavy atom. The van der Waals surface area contributed by atoms with Gasteiger partial charge >= 0.3 is 0 Å². The van der Waals surface area contributed by atoms with Gasteiger partial charge in [0, 0.05) is 6.04 Å². The normalized spacial score (nSPS) is 19.0. The Labute approximate surface area is 121 Å². The summed E-state index contributed by atoms with van der Waals surface area (Å²) < 4.78 is 18.8. The highest BCUT2D eigenvalue weighted by molar-refractivity contribution is 5.30. The Balaban J connectivity index is 2.15. The van der Waals surface area contributed by atoms with Crippen LogP contribution in [0.4, 0.5) is 4.39 Å². The number of hydrogen-bond donors (Lipinski definition) is 1. The van der Waals surface area contributed by atoms with Crippen molar-refractivity contribution in [1.82, 2.24) is 5.32 Å². The van der Waals surface area contributed by atoms with Crippen LogP contribution in [-0.4, -0.2) is 20.2 Å². The fourth-order valence-electron chi connectivity index (χ4n) is 3.72. The lowest BCUT2D eigenvalue weighted by molar-refractivity contribution is 0.192. The zero-order valence-electron chi connectivity index (χ0n) is 12.8. The summed E-state index contributed by atoms with van der Waals surface area (Å²) in [6, 6.07) is 5.74. The minimum Gasteiger partial charge on any atom is -0.494 e. The van der Waals surface area contributed by atoms with Crippen molar-refractivity contribution in [2.75, 3.05) is 14.2 Å². The van der Waals surface area contributed by atoms with Crippen molar-refractivity contribution < 1.29 is 9.13 Å². The summed E-state index contributed by atoms with van der Waals surface area (Å²) in [5, 5.41) is 3.48. The van der Waals surface area contributed by atoms with Gasteiger partial charge in [-0.05, 0) is 55.8 Å². The number of ether oxygens (including phenoxy) is 1. The quantitative estimate of drug-likeness (QED) is 0.851. The lowest BCUT2D eigenvalue weighted by Crippen LogP contribution is -2.43. The van der Waals surface area contributed by atoms with Gasteiger partial charge in [-0.1, -0.05) is 25.8 Å². The van der Waals surface area contributed by atoms with E-state index in [1.807, 2.05) is 13.1 Å². The molecule has 1 atom stereocenters. The Bertz CT molecular complexity index is 441. The van der Waals surface area contributed by atoms with E-state index in [-0.39, 0.29) is 5.82 Å². The number of methoxy groups -OCH3 is 1. The highest BCUT2D eigenvalue weighted by Crippen LogP contribution is 2.44. The molecule has 1 aromatic carbocycles. The Hall–Kier alpha value is -1.09. The third-order valence-corrected chi connectivity index (χ3v) is 5.05. The average Bonchev–Trinajstić information content (AvgIpc) is 2.95. The van der Waals surface area contributed by atoms with Gasteiger partial charge in [0.15, 0.2) is 11.6 Å². The molecule has 3 heteroatoms. The zero-order valence-corrected chi connectivity index (χ0v) is 12.8. The molecule has 0 aromatic heterocycles. The van der Waals surface area contributed by atoms with Gasteiger partial charge in [-0.2, -0.15) is 0 Å². The monoisotopic (exact) mass is 279 g/mol. The molecular weight excluding hydrogens is 253 g/mol. The van der Waals surface area contributed by atoms with Gasteiger partial charge in [-0.15, -0.1) is 0 Å². The van der Waals surface area contributed by atoms with Crippen molar-refractivity contribution in [2.24, 2.45) is 5.41 Å². The summed E-state index contributed by atoms with van der Waals surface area (Å²) in [6.45, 7) is 2.28. The van der Waals surface area contributed by atoms with Gasteiger partial charge in [0.05, 0.1) is 7.11 Å². The standard InChI is InChI=1S/C17H26FNO/c1-4-17(9-5-6-10-17)16(19-2)12-13-7-8-15(20-3)14(18)11-13/h7-8,11,16,19H,4-6,9-10,12H2,1-3H3. The minimum atomic E-state index is -0.267. The van der Waals surface area contributed by atoms with Crippen LogP contribution in [0.2, 0.25) is 0 Å². The molecule has 1 aromatic rings. The second-order valence-corrected chi connectivity index (χ2v) is 5.94. The Morgan fingerprint density at radius 3 is 2.55 bits per heavy atom. The van der Waals surface area contributed by atoms with Crippen molar-refractivity contribution in [3.05, 3.63) is 29.6 Å². The summed E-state index contributed by atoms with van der Waals surface area (Å²) in [4.78, 5) is 0. The highest BCUT2D eigenvalue weighted by Gasteiger charge is 2.38.